The van der Waals surface area contributed by atoms with E-state index in [1.165, 1.54) is 0 Å². The topological polar surface area (TPSA) is 77.0 Å². The lowest BCUT2D eigenvalue weighted by molar-refractivity contribution is 0.322. The zero-order chi connectivity index (χ0) is 19.6. The summed E-state index contributed by atoms with van der Waals surface area (Å²) in [5.74, 6) is 2.59. The van der Waals surface area contributed by atoms with Gasteiger partial charge in [0.2, 0.25) is 5.75 Å². The quantitative estimate of drug-likeness (QED) is 0.505. The van der Waals surface area contributed by atoms with E-state index < -0.39 is 0 Å². The summed E-state index contributed by atoms with van der Waals surface area (Å²) in [5.41, 5.74) is 2.02. The summed E-state index contributed by atoms with van der Waals surface area (Å²) in [5, 5.41) is 9.78. The third kappa shape index (κ3) is 5.75. The number of ether oxygens (including phenoxy) is 3. The van der Waals surface area contributed by atoms with Crippen molar-refractivity contribution in [3.8, 4) is 17.2 Å². The highest BCUT2D eigenvalue weighted by Gasteiger charge is 2.15. The highest BCUT2D eigenvalue weighted by atomic mass is 32.1. The van der Waals surface area contributed by atoms with E-state index in [2.05, 4.69) is 26.0 Å². The molecule has 1 heterocycles. The number of thiazole rings is 1. The molecule has 7 nitrogen and oxygen atoms in total. The summed E-state index contributed by atoms with van der Waals surface area (Å²) in [7, 11) is 4.81. The average molecular weight is 393 g/mol. The molecule has 0 amide bonds. The summed E-state index contributed by atoms with van der Waals surface area (Å²) >= 11 is 1.67. The molecular formula is C19H28N4O3S. The fraction of sp³-hybridized carbons (Fsp3) is 0.474. The first-order valence-corrected chi connectivity index (χ1v) is 9.71. The first-order chi connectivity index (χ1) is 13.1. The van der Waals surface area contributed by atoms with E-state index in [4.69, 9.17) is 14.2 Å². The number of rotatable bonds is 9. The number of nitrogens with zero attached hydrogens (tertiary/aromatic N) is 2. The molecule has 1 aromatic carbocycles. The van der Waals surface area contributed by atoms with Crippen LogP contribution in [0.25, 0.3) is 0 Å². The zero-order valence-corrected chi connectivity index (χ0v) is 17.4. The normalized spacial score (nSPS) is 11.2. The monoisotopic (exact) mass is 392 g/mol. The third-order valence-corrected chi connectivity index (χ3v) is 4.70. The highest BCUT2D eigenvalue weighted by Crippen LogP contribution is 2.39. The Kier molecular flexibility index (Phi) is 8.19. The zero-order valence-electron chi connectivity index (χ0n) is 16.6. The minimum absolute atomic E-state index is 0.453. The third-order valence-electron chi connectivity index (χ3n) is 3.88. The van der Waals surface area contributed by atoms with Gasteiger partial charge in [0, 0.05) is 30.5 Å². The van der Waals surface area contributed by atoms with Gasteiger partial charge in [-0.25, -0.2) is 9.98 Å². The summed E-state index contributed by atoms with van der Waals surface area (Å²) in [4.78, 5) is 9.14. The molecule has 1 aromatic heterocycles. The molecular weight excluding hydrogens is 364 g/mol. The standard InChI is InChI=1S/C19H28N4O3S/c1-6-20-19(21-10-9-15-12-27-13(2)23-15)22-11-14-7-8-16(24-3)18(26-5)17(14)25-4/h7-8,12H,6,9-11H2,1-5H3,(H2,20,21,22). The Bertz CT molecular complexity index is 761. The molecule has 0 radical (unpaired) electrons. The van der Waals surface area contributed by atoms with Gasteiger partial charge < -0.3 is 24.8 Å². The molecule has 8 heteroatoms. The van der Waals surface area contributed by atoms with Crippen LogP contribution < -0.4 is 24.8 Å². The Morgan fingerprint density at radius 1 is 1.11 bits per heavy atom. The van der Waals surface area contributed by atoms with E-state index in [1.807, 2.05) is 26.0 Å². The lowest BCUT2D eigenvalue weighted by Gasteiger charge is -2.15. The molecule has 2 rings (SSSR count). The van der Waals surface area contributed by atoms with Crippen LogP contribution in [0.1, 0.15) is 23.2 Å². The van der Waals surface area contributed by atoms with Crippen LogP contribution >= 0.6 is 11.3 Å². The molecule has 2 N–H and O–H groups in total. The van der Waals surface area contributed by atoms with Gasteiger partial charge in [0.1, 0.15) is 0 Å². The van der Waals surface area contributed by atoms with Gasteiger partial charge in [-0.3, -0.25) is 0 Å². The lowest BCUT2D eigenvalue weighted by atomic mass is 10.1. The molecule has 0 saturated carbocycles. The van der Waals surface area contributed by atoms with Crippen LogP contribution in [0.4, 0.5) is 0 Å². The summed E-state index contributed by atoms with van der Waals surface area (Å²) < 4.78 is 16.3. The Balaban J connectivity index is 2.07. The number of aliphatic imine (C=N–C) groups is 1. The SMILES string of the molecule is CCNC(=NCc1ccc(OC)c(OC)c1OC)NCCc1csc(C)n1. The van der Waals surface area contributed by atoms with E-state index >= 15 is 0 Å². The Hall–Kier alpha value is -2.48. The van der Waals surface area contributed by atoms with Gasteiger partial charge >= 0.3 is 0 Å². The second-order valence-electron chi connectivity index (χ2n) is 5.72. The maximum Gasteiger partial charge on any atom is 0.203 e. The van der Waals surface area contributed by atoms with Crippen LogP contribution in [-0.2, 0) is 13.0 Å². The second kappa shape index (κ2) is 10.6. The van der Waals surface area contributed by atoms with Gasteiger partial charge in [0.25, 0.3) is 0 Å². The first kappa shape index (κ1) is 20.8. The smallest absolute Gasteiger partial charge is 0.203 e. The van der Waals surface area contributed by atoms with E-state index in [1.54, 1.807) is 32.7 Å². The first-order valence-electron chi connectivity index (χ1n) is 8.83. The molecule has 0 aliphatic heterocycles. The fourth-order valence-corrected chi connectivity index (χ4v) is 3.27. The fourth-order valence-electron chi connectivity index (χ4n) is 2.63. The summed E-state index contributed by atoms with van der Waals surface area (Å²) in [6, 6.07) is 3.79. The van der Waals surface area contributed by atoms with E-state index in [0.29, 0.717) is 23.8 Å². The molecule has 0 aliphatic rings. The average Bonchev–Trinajstić information content (AvgIpc) is 3.10. The summed E-state index contributed by atoms with van der Waals surface area (Å²) in [6.45, 7) is 6.05. The Morgan fingerprint density at radius 3 is 2.48 bits per heavy atom. The van der Waals surface area contributed by atoms with Crippen molar-refractivity contribution in [2.24, 2.45) is 4.99 Å². The largest absolute Gasteiger partial charge is 0.493 e. The van der Waals surface area contributed by atoms with Crippen molar-refractivity contribution in [3.63, 3.8) is 0 Å². The molecule has 27 heavy (non-hydrogen) atoms. The molecule has 0 unspecified atom stereocenters. The molecule has 0 aliphatic carbocycles. The van der Waals surface area contributed by atoms with Gasteiger partial charge in [-0.15, -0.1) is 11.3 Å². The molecule has 0 atom stereocenters. The molecule has 0 saturated heterocycles. The van der Waals surface area contributed by atoms with Crippen LogP contribution in [0.5, 0.6) is 17.2 Å². The van der Waals surface area contributed by atoms with Gasteiger partial charge in [0.05, 0.1) is 38.6 Å². The minimum atomic E-state index is 0.453. The number of hydrogen-bond acceptors (Lipinski definition) is 6. The van der Waals surface area contributed by atoms with Crippen LogP contribution in [0.15, 0.2) is 22.5 Å². The Morgan fingerprint density at radius 2 is 1.89 bits per heavy atom. The van der Waals surface area contributed by atoms with Gasteiger partial charge in [-0.2, -0.15) is 0 Å². The molecule has 0 spiro atoms. The summed E-state index contributed by atoms with van der Waals surface area (Å²) in [6.07, 6.45) is 0.856. The highest BCUT2D eigenvalue weighted by molar-refractivity contribution is 7.09. The number of hydrogen-bond donors (Lipinski definition) is 2. The van der Waals surface area contributed by atoms with Crippen molar-refractivity contribution < 1.29 is 14.2 Å². The maximum atomic E-state index is 5.52. The predicted octanol–water partition coefficient (Wildman–Crippen LogP) is 2.78. The molecule has 0 fully saturated rings. The van der Waals surface area contributed by atoms with Crippen LogP contribution in [0.2, 0.25) is 0 Å². The van der Waals surface area contributed by atoms with Gasteiger partial charge in [0.15, 0.2) is 17.5 Å². The van der Waals surface area contributed by atoms with Crippen molar-refractivity contribution in [2.45, 2.75) is 26.8 Å². The van der Waals surface area contributed by atoms with Crippen molar-refractivity contribution in [1.82, 2.24) is 15.6 Å². The maximum absolute atomic E-state index is 5.52. The van der Waals surface area contributed by atoms with E-state index in [-0.39, 0.29) is 0 Å². The number of benzene rings is 1. The lowest BCUT2D eigenvalue weighted by Crippen LogP contribution is -2.38. The second-order valence-corrected chi connectivity index (χ2v) is 6.79. The van der Waals surface area contributed by atoms with Crippen LogP contribution in [-0.4, -0.2) is 45.4 Å². The number of aryl methyl sites for hydroxylation is 1. The number of aromatic nitrogens is 1. The van der Waals surface area contributed by atoms with Crippen LogP contribution in [0, 0.1) is 6.92 Å². The molecule has 0 bridgehead atoms. The van der Waals surface area contributed by atoms with Crippen molar-refractivity contribution >= 4 is 17.3 Å². The van der Waals surface area contributed by atoms with Gasteiger partial charge in [-0.1, -0.05) is 0 Å². The van der Waals surface area contributed by atoms with E-state index in [0.717, 1.165) is 41.7 Å². The van der Waals surface area contributed by atoms with Crippen molar-refractivity contribution in [3.05, 3.63) is 33.8 Å². The molecule has 148 valence electrons. The van der Waals surface area contributed by atoms with Crippen LogP contribution in [0.3, 0.4) is 0 Å². The number of methoxy groups -OCH3 is 3. The van der Waals surface area contributed by atoms with E-state index in [9.17, 15) is 0 Å². The van der Waals surface area contributed by atoms with Gasteiger partial charge in [-0.05, 0) is 26.0 Å². The molecule has 2 aromatic rings. The predicted molar refractivity (Wildman–Crippen MR) is 109 cm³/mol. The number of nitrogens with one attached hydrogen (secondary N) is 2. The Labute approximate surface area is 164 Å². The minimum Gasteiger partial charge on any atom is -0.493 e. The van der Waals surface area contributed by atoms with Crippen molar-refractivity contribution in [1.29, 1.82) is 0 Å². The van der Waals surface area contributed by atoms with Crippen molar-refractivity contribution in [2.75, 3.05) is 34.4 Å². The number of guanidine groups is 1.